The molecule has 1 amide bonds. The first kappa shape index (κ1) is 29.2. The Bertz CT molecular complexity index is 1170. The van der Waals surface area contributed by atoms with Gasteiger partial charge in [0.1, 0.15) is 17.9 Å². The average molecular weight is 526 g/mol. The fraction of sp³-hybridized carbons (Fsp3) is 0.536. The van der Waals surface area contributed by atoms with Crippen molar-refractivity contribution in [3.8, 4) is 5.75 Å². The summed E-state index contributed by atoms with van der Waals surface area (Å²) in [4.78, 5) is 24.6. The number of nitrogens with two attached hydrogens (primary N) is 1. The van der Waals surface area contributed by atoms with Crippen LogP contribution in [0.1, 0.15) is 51.2 Å². The van der Waals surface area contributed by atoms with Gasteiger partial charge < -0.3 is 30.4 Å². The van der Waals surface area contributed by atoms with Gasteiger partial charge in [-0.15, -0.1) is 0 Å². The van der Waals surface area contributed by atoms with Crippen LogP contribution in [0.3, 0.4) is 0 Å². The van der Waals surface area contributed by atoms with Gasteiger partial charge in [-0.1, -0.05) is 45.7 Å². The third kappa shape index (κ3) is 7.35. The minimum absolute atomic E-state index is 0.203. The zero-order chi connectivity index (χ0) is 27.5. The highest BCUT2D eigenvalue weighted by Crippen LogP contribution is 2.27. The molecular weight excluding hydrogens is 482 g/mol. The largest absolute Gasteiger partial charge is 0.496 e. The Morgan fingerprint density at radius 3 is 2.55 bits per heavy atom. The lowest BCUT2D eigenvalue weighted by molar-refractivity contribution is -0.135. The number of amides is 1. The van der Waals surface area contributed by atoms with Crippen molar-refractivity contribution in [2.24, 2.45) is 0 Å². The summed E-state index contributed by atoms with van der Waals surface area (Å²) in [6.45, 7) is 10.8. The number of hydrogen-bond acceptors (Lipinski definition) is 8. The summed E-state index contributed by atoms with van der Waals surface area (Å²) in [6.07, 6.45) is 5.41. The molecule has 4 rings (SSSR count). The number of nitrogens with zero attached hydrogens (tertiary/aromatic N) is 5. The van der Waals surface area contributed by atoms with E-state index >= 15 is 0 Å². The number of aliphatic hydroxyl groups excluding tert-OH is 1. The number of fused-ring (bicyclic) bond motifs is 1. The Morgan fingerprint density at radius 2 is 1.87 bits per heavy atom. The average Bonchev–Trinajstić information content (AvgIpc) is 3.35. The maximum absolute atomic E-state index is 11.7. The smallest absolute Gasteiger partial charge is 0.248 e. The van der Waals surface area contributed by atoms with Crippen LogP contribution in [0.15, 0.2) is 30.5 Å². The van der Waals surface area contributed by atoms with E-state index in [0.29, 0.717) is 19.6 Å². The molecule has 10 heteroatoms. The van der Waals surface area contributed by atoms with E-state index in [-0.39, 0.29) is 11.9 Å². The number of carbonyl (C=O) groups excluding carboxylic acids is 1. The summed E-state index contributed by atoms with van der Waals surface area (Å²) >= 11 is 0. The topological polar surface area (TPSA) is 122 Å². The number of nitrogen functional groups attached to an aromatic ring is 1. The number of aliphatic hydroxyl groups is 1. The van der Waals surface area contributed by atoms with E-state index in [2.05, 4.69) is 49.9 Å². The molecule has 0 aliphatic carbocycles. The molecule has 1 aliphatic rings. The Morgan fingerprint density at radius 1 is 1.11 bits per heavy atom. The normalized spacial score (nSPS) is 13.8. The Labute approximate surface area is 225 Å². The van der Waals surface area contributed by atoms with Crippen molar-refractivity contribution in [2.45, 2.75) is 53.1 Å². The molecule has 0 radical (unpaired) electrons. The lowest BCUT2D eigenvalue weighted by Crippen LogP contribution is -2.49. The van der Waals surface area contributed by atoms with Crippen LogP contribution >= 0.6 is 0 Å². The molecule has 3 heterocycles. The zero-order valence-corrected chi connectivity index (χ0v) is 23.2. The predicted octanol–water partition coefficient (Wildman–Crippen LogP) is 3.34. The fourth-order valence-corrected chi connectivity index (χ4v) is 4.68. The van der Waals surface area contributed by atoms with Gasteiger partial charge in [-0.05, 0) is 24.1 Å². The number of ether oxygens (including phenoxy) is 1. The highest BCUT2D eigenvalue weighted by molar-refractivity contribution is 5.87. The summed E-state index contributed by atoms with van der Waals surface area (Å²) < 4.78 is 7.89. The number of hydrogen-bond donors (Lipinski definition) is 3. The lowest BCUT2D eigenvalue weighted by Gasteiger charge is -2.34. The molecule has 1 aromatic carbocycles. The number of carbonyl (C=O) groups is 1. The minimum Gasteiger partial charge on any atom is -0.496 e. The van der Waals surface area contributed by atoms with E-state index in [1.807, 2.05) is 26.1 Å². The number of aromatic nitrogens is 3. The van der Waals surface area contributed by atoms with Crippen molar-refractivity contribution in [2.75, 3.05) is 57.5 Å². The standard InChI is InChI=1S/C26H37N7O3.C2H6/c1-3-4-5-9-28-25-24-21(29-26(27)30-25)8-10-33(24)17-20-7-6-19(15-22(20)36-2)16-31-11-13-32(14-12-31)23(35)18-34;1-2/h6-8,10,15,34H,3-5,9,11-14,16-18H2,1-2H3,(H3,27,28,29,30);1-2H3. The molecule has 0 saturated carbocycles. The number of benzene rings is 1. The van der Waals surface area contributed by atoms with Gasteiger partial charge >= 0.3 is 0 Å². The van der Waals surface area contributed by atoms with Crippen LogP contribution in [0, 0.1) is 0 Å². The van der Waals surface area contributed by atoms with Crippen LogP contribution in [0.4, 0.5) is 11.8 Å². The van der Waals surface area contributed by atoms with E-state index in [0.717, 1.165) is 79.2 Å². The van der Waals surface area contributed by atoms with E-state index in [1.165, 1.54) is 0 Å². The van der Waals surface area contributed by atoms with Crippen LogP contribution in [0.25, 0.3) is 11.0 Å². The minimum atomic E-state index is -0.425. The van der Waals surface area contributed by atoms with Crippen molar-refractivity contribution < 1.29 is 14.6 Å². The number of piperazine rings is 1. The van der Waals surface area contributed by atoms with Gasteiger partial charge in [0.05, 0.1) is 19.2 Å². The monoisotopic (exact) mass is 525 g/mol. The second-order valence-electron chi connectivity index (χ2n) is 9.20. The van der Waals surface area contributed by atoms with Crippen LogP contribution in [0.2, 0.25) is 0 Å². The van der Waals surface area contributed by atoms with E-state index < -0.39 is 6.61 Å². The Hall–Kier alpha value is -3.37. The Kier molecular flexibility index (Phi) is 11.2. The first-order valence-electron chi connectivity index (χ1n) is 13.6. The van der Waals surface area contributed by atoms with Gasteiger partial charge in [-0.2, -0.15) is 4.98 Å². The second kappa shape index (κ2) is 14.5. The maximum Gasteiger partial charge on any atom is 0.248 e. The predicted molar refractivity (Wildman–Crippen MR) is 152 cm³/mol. The molecule has 10 nitrogen and oxygen atoms in total. The molecule has 3 aromatic rings. The fourth-order valence-electron chi connectivity index (χ4n) is 4.68. The molecule has 2 aromatic heterocycles. The first-order chi connectivity index (χ1) is 18.5. The van der Waals surface area contributed by atoms with Crippen molar-refractivity contribution >= 4 is 28.7 Å². The van der Waals surface area contributed by atoms with Crippen molar-refractivity contribution in [3.63, 3.8) is 0 Å². The second-order valence-corrected chi connectivity index (χ2v) is 9.20. The number of unbranched alkanes of at least 4 members (excludes halogenated alkanes) is 2. The third-order valence-corrected chi connectivity index (χ3v) is 6.66. The molecule has 38 heavy (non-hydrogen) atoms. The van der Waals surface area contributed by atoms with Crippen molar-refractivity contribution in [1.82, 2.24) is 24.3 Å². The highest BCUT2D eigenvalue weighted by atomic mass is 16.5. The van der Waals surface area contributed by atoms with Gasteiger partial charge in [0, 0.05) is 51.0 Å². The van der Waals surface area contributed by atoms with Crippen LogP contribution in [-0.2, 0) is 17.9 Å². The van der Waals surface area contributed by atoms with Crippen LogP contribution in [0.5, 0.6) is 5.75 Å². The third-order valence-electron chi connectivity index (χ3n) is 6.66. The van der Waals surface area contributed by atoms with Gasteiger partial charge in [-0.3, -0.25) is 9.69 Å². The molecule has 1 aliphatic heterocycles. The summed E-state index contributed by atoms with van der Waals surface area (Å²) in [5.74, 6) is 1.65. The van der Waals surface area contributed by atoms with Gasteiger partial charge in [0.25, 0.3) is 0 Å². The SMILES string of the molecule is CC.CCCCCNc1nc(N)nc2ccn(Cc3ccc(CN4CCN(C(=O)CO)CC4)cc3OC)c12. The summed E-state index contributed by atoms with van der Waals surface area (Å²) in [5, 5.41) is 12.5. The lowest BCUT2D eigenvalue weighted by atomic mass is 10.1. The number of methoxy groups -OCH3 is 1. The first-order valence-corrected chi connectivity index (χ1v) is 13.6. The van der Waals surface area contributed by atoms with Crippen LogP contribution < -0.4 is 15.8 Å². The molecule has 208 valence electrons. The molecule has 0 spiro atoms. The number of nitrogens with one attached hydrogen (secondary N) is 1. The molecule has 1 saturated heterocycles. The number of anilines is 2. The maximum atomic E-state index is 11.7. The molecule has 0 bridgehead atoms. The Balaban J connectivity index is 0.00000195. The van der Waals surface area contributed by atoms with Crippen LogP contribution in [-0.4, -0.2) is 81.8 Å². The highest BCUT2D eigenvalue weighted by Gasteiger charge is 2.21. The summed E-state index contributed by atoms with van der Waals surface area (Å²) in [5.41, 5.74) is 9.92. The molecule has 4 N–H and O–H groups in total. The van der Waals surface area contributed by atoms with Crippen molar-refractivity contribution in [1.29, 1.82) is 0 Å². The molecule has 0 unspecified atom stereocenters. The van der Waals surface area contributed by atoms with Gasteiger partial charge in [-0.25, -0.2) is 4.98 Å². The van der Waals surface area contributed by atoms with Crippen molar-refractivity contribution in [3.05, 3.63) is 41.6 Å². The number of rotatable bonds is 11. The summed E-state index contributed by atoms with van der Waals surface area (Å²) in [6, 6.07) is 8.29. The summed E-state index contributed by atoms with van der Waals surface area (Å²) in [7, 11) is 1.69. The quantitative estimate of drug-likeness (QED) is 0.326. The van der Waals surface area contributed by atoms with Gasteiger partial charge in [0.15, 0.2) is 5.82 Å². The molecular formula is C28H43N7O3. The van der Waals surface area contributed by atoms with E-state index in [4.69, 9.17) is 15.6 Å². The van der Waals surface area contributed by atoms with E-state index in [9.17, 15) is 4.79 Å². The van der Waals surface area contributed by atoms with Gasteiger partial charge in [0.2, 0.25) is 11.9 Å². The molecule has 1 fully saturated rings. The molecule has 0 atom stereocenters. The van der Waals surface area contributed by atoms with E-state index in [1.54, 1.807) is 12.0 Å². The zero-order valence-electron chi connectivity index (χ0n) is 23.2.